The van der Waals surface area contributed by atoms with Crippen molar-refractivity contribution in [2.45, 2.75) is 9.79 Å². The first-order valence-electron chi connectivity index (χ1n) is 10.3. The fraction of sp³-hybridized carbons (Fsp3) is 0.381. The Hall–Kier alpha value is -2.71. The summed E-state index contributed by atoms with van der Waals surface area (Å²) in [5.74, 6) is 0.0621. The molecule has 0 atom stereocenters. The van der Waals surface area contributed by atoms with Crippen LogP contribution in [0.25, 0.3) is 0 Å². The molecule has 13 heteroatoms. The van der Waals surface area contributed by atoms with E-state index in [4.69, 9.17) is 14.2 Å². The maximum Gasteiger partial charge on any atom is 0.243 e. The number of benzene rings is 2. The number of anilines is 1. The van der Waals surface area contributed by atoms with Gasteiger partial charge in [0.15, 0.2) is 0 Å². The summed E-state index contributed by atoms with van der Waals surface area (Å²) >= 11 is 0. The lowest BCUT2D eigenvalue weighted by molar-refractivity contribution is -0.116. The van der Waals surface area contributed by atoms with Crippen molar-refractivity contribution in [1.29, 1.82) is 0 Å². The van der Waals surface area contributed by atoms with Crippen LogP contribution in [0.2, 0.25) is 0 Å². The minimum atomic E-state index is -3.94. The van der Waals surface area contributed by atoms with E-state index < -0.39 is 32.5 Å². The maximum atomic E-state index is 13.0. The molecule has 1 N–H and O–H groups in total. The van der Waals surface area contributed by atoms with Gasteiger partial charge in [-0.3, -0.25) is 4.79 Å². The zero-order valence-electron chi connectivity index (χ0n) is 19.1. The van der Waals surface area contributed by atoms with Crippen molar-refractivity contribution in [3.05, 3.63) is 42.5 Å². The van der Waals surface area contributed by atoms with Crippen LogP contribution in [0.5, 0.6) is 11.5 Å². The standard InChI is InChI=1S/C21H27N3O8S2/c1-23(33(26,27)17-6-4-16(30-2)5-7-17)15-21(25)22-19-14-18(8-9-20(19)31-3)34(28,29)24-10-12-32-13-11-24/h4-9,14H,10-13,15H2,1-3H3,(H,22,25). The van der Waals surface area contributed by atoms with Crippen LogP contribution in [-0.2, 0) is 29.6 Å². The lowest BCUT2D eigenvalue weighted by Crippen LogP contribution is -2.40. The van der Waals surface area contributed by atoms with Crippen molar-refractivity contribution in [2.75, 3.05) is 59.4 Å². The van der Waals surface area contributed by atoms with Gasteiger partial charge in [-0.1, -0.05) is 0 Å². The molecule has 2 aromatic rings. The molecule has 0 saturated carbocycles. The van der Waals surface area contributed by atoms with Crippen LogP contribution < -0.4 is 14.8 Å². The zero-order valence-corrected chi connectivity index (χ0v) is 20.7. The van der Waals surface area contributed by atoms with Crippen molar-refractivity contribution in [2.24, 2.45) is 0 Å². The summed E-state index contributed by atoms with van der Waals surface area (Å²) < 4.78 is 69.2. The van der Waals surface area contributed by atoms with Gasteiger partial charge >= 0.3 is 0 Å². The van der Waals surface area contributed by atoms with Crippen molar-refractivity contribution in [3.63, 3.8) is 0 Å². The molecule has 0 spiro atoms. The lowest BCUT2D eigenvalue weighted by atomic mass is 10.3. The van der Waals surface area contributed by atoms with Crippen molar-refractivity contribution >= 4 is 31.6 Å². The molecule has 1 fully saturated rings. The normalized spacial score (nSPS) is 15.2. The number of nitrogens with one attached hydrogen (secondary N) is 1. The van der Waals surface area contributed by atoms with Crippen LogP contribution in [0.4, 0.5) is 5.69 Å². The highest BCUT2D eigenvalue weighted by Gasteiger charge is 2.28. The third-order valence-corrected chi connectivity index (χ3v) is 8.90. The summed E-state index contributed by atoms with van der Waals surface area (Å²) in [6, 6.07) is 9.88. The summed E-state index contributed by atoms with van der Waals surface area (Å²) in [5, 5.41) is 2.55. The summed E-state index contributed by atoms with van der Waals surface area (Å²) in [7, 11) is -3.63. The van der Waals surface area contributed by atoms with Crippen molar-refractivity contribution < 1.29 is 35.8 Å². The molecular formula is C21H27N3O8S2. The number of ether oxygens (including phenoxy) is 3. The van der Waals surface area contributed by atoms with Crippen LogP contribution in [0.1, 0.15) is 0 Å². The number of hydrogen-bond donors (Lipinski definition) is 1. The third-order valence-electron chi connectivity index (χ3n) is 5.19. The Morgan fingerprint density at radius 3 is 2.21 bits per heavy atom. The van der Waals surface area contributed by atoms with E-state index in [0.29, 0.717) is 19.0 Å². The lowest BCUT2D eigenvalue weighted by Gasteiger charge is -2.26. The molecular weight excluding hydrogens is 486 g/mol. The van der Waals surface area contributed by atoms with Crippen LogP contribution in [0.15, 0.2) is 52.3 Å². The maximum absolute atomic E-state index is 13.0. The average molecular weight is 514 g/mol. The monoisotopic (exact) mass is 513 g/mol. The highest BCUT2D eigenvalue weighted by molar-refractivity contribution is 7.89. The Morgan fingerprint density at radius 2 is 1.62 bits per heavy atom. The molecule has 0 bridgehead atoms. The first kappa shape index (κ1) is 25.9. The number of methoxy groups -OCH3 is 2. The SMILES string of the molecule is COc1ccc(S(=O)(=O)N(C)CC(=O)Nc2cc(S(=O)(=O)N3CCOCC3)ccc2OC)cc1. The van der Waals surface area contributed by atoms with Gasteiger partial charge in [0.2, 0.25) is 26.0 Å². The molecule has 3 rings (SSSR count). The average Bonchev–Trinajstić information content (AvgIpc) is 2.84. The van der Waals surface area contributed by atoms with E-state index in [9.17, 15) is 21.6 Å². The molecule has 1 aliphatic heterocycles. The molecule has 0 aliphatic carbocycles. The molecule has 186 valence electrons. The van der Waals surface area contributed by atoms with Gasteiger partial charge in [0.25, 0.3) is 0 Å². The largest absolute Gasteiger partial charge is 0.497 e. The zero-order chi connectivity index (χ0) is 24.9. The molecule has 1 heterocycles. The van der Waals surface area contributed by atoms with Crippen molar-refractivity contribution in [1.82, 2.24) is 8.61 Å². The van der Waals surface area contributed by atoms with E-state index in [1.807, 2.05) is 0 Å². The van der Waals surface area contributed by atoms with E-state index in [1.165, 1.54) is 68.0 Å². The molecule has 0 radical (unpaired) electrons. The van der Waals surface area contributed by atoms with Gasteiger partial charge in [-0.15, -0.1) is 0 Å². The summed E-state index contributed by atoms with van der Waals surface area (Å²) in [6.45, 7) is 0.550. The van der Waals surface area contributed by atoms with Gasteiger partial charge < -0.3 is 19.5 Å². The van der Waals surface area contributed by atoms with Gasteiger partial charge in [-0.25, -0.2) is 16.8 Å². The number of carbonyl (C=O) groups is 1. The summed E-state index contributed by atoms with van der Waals surface area (Å²) in [5.41, 5.74) is 0.108. The van der Waals surface area contributed by atoms with E-state index in [0.717, 1.165) is 4.31 Å². The number of nitrogens with zero attached hydrogens (tertiary/aromatic N) is 2. The molecule has 2 aromatic carbocycles. The van der Waals surface area contributed by atoms with E-state index >= 15 is 0 Å². The Bertz CT molecular complexity index is 1230. The Labute approximate surface area is 199 Å². The molecule has 1 aliphatic rings. The number of carbonyl (C=O) groups excluding carboxylic acids is 1. The van der Waals surface area contributed by atoms with E-state index in [-0.39, 0.29) is 34.3 Å². The molecule has 0 aromatic heterocycles. The number of hydrogen-bond acceptors (Lipinski definition) is 8. The minimum Gasteiger partial charge on any atom is -0.497 e. The predicted molar refractivity (Wildman–Crippen MR) is 124 cm³/mol. The second kappa shape index (κ2) is 10.7. The summed E-state index contributed by atoms with van der Waals surface area (Å²) in [6.07, 6.45) is 0. The Balaban J connectivity index is 1.77. The number of sulfonamides is 2. The highest BCUT2D eigenvalue weighted by atomic mass is 32.2. The first-order valence-corrected chi connectivity index (χ1v) is 13.1. The number of rotatable bonds is 9. The number of morpholine rings is 1. The van der Waals surface area contributed by atoms with Gasteiger partial charge in [0, 0.05) is 20.1 Å². The topological polar surface area (TPSA) is 132 Å². The summed E-state index contributed by atoms with van der Waals surface area (Å²) in [4.78, 5) is 12.6. The second-order valence-electron chi connectivity index (χ2n) is 7.36. The first-order chi connectivity index (χ1) is 16.1. The minimum absolute atomic E-state index is 0.000201. The van der Waals surface area contributed by atoms with E-state index in [1.54, 1.807) is 0 Å². The fourth-order valence-corrected chi connectivity index (χ4v) is 5.85. The fourth-order valence-electron chi connectivity index (χ4n) is 3.29. The predicted octanol–water partition coefficient (Wildman–Crippen LogP) is 0.984. The van der Waals surface area contributed by atoms with Gasteiger partial charge in [-0.05, 0) is 42.5 Å². The third kappa shape index (κ3) is 5.67. The molecule has 34 heavy (non-hydrogen) atoms. The van der Waals surface area contributed by atoms with Crippen LogP contribution >= 0.6 is 0 Å². The quantitative estimate of drug-likeness (QED) is 0.525. The van der Waals surface area contributed by atoms with Gasteiger partial charge in [-0.2, -0.15) is 8.61 Å². The molecule has 0 unspecified atom stereocenters. The van der Waals surface area contributed by atoms with Gasteiger partial charge in [0.1, 0.15) is 11.5 Å². The second-order valence-corrected chi connectivity index (χ2v) is 11.3. The van der Waals surface area contributed by atoms with E-state index in [2.05, 4.69) is 5.32 Å². The molecule has 1 saturated heterocycles. The highest BCUT2D eigenvalue weighted by Crippen LogP contribution is 2.29. The molecule has 1 amide bonds. The van der Waals surface area contributed by atoms with Gasteiger partial charge in [0.05, 0.1) is 49.5 Å². The van der Waals surface area contributed by atoms with Crippen molar-refractivity contribution in [3.8, 4) is 11.5 Å². The van der Waals surface area contributed by atoms with Crippen LogP contribution in [0, 0.1) is 0 Å². The number of amides is 1. The van der Waals surface area contributed by atoms with Crippen LogP contribution in [0.3, 0.4) is 0 Å². The van der Waals surface area contributed by atoms with Crippen LogP contribution in [-0.4, -0.2) is 85.5 Å². The Morgan fingerprint density at radius 1 is 1.00 bits per heavy atom. The molecule has 11 nitrogen and oxygen atoms in total. The Kier molecular flexibility index (Phi) is 8.15. The smallest absolute Gasteiger partial charge is 0.243 e. The number of likely N-dealkylation sites (N-methyl/N-ethyl adjacent to an activating group) is 1.